The van der Waals surface area contributed by atoms with E-state index < -0.39 is 30.2 Å². The molecular weight excluding hydrogens is 615 g/mol. The molecule has 9 aromatic rings. The van der Waals surface area contributed by atoms with Crippen LogP contribution in [0.25, 0.3) is 66.1 Å². The van der Waals surface area contributed by atoms with Gasteiger partial charge in [0.1, 0.15) is 0 Å². The summed E-state index contributed by atoms with van der Waals surface area (Å²) in [6.07, 6.45) is 0. The lowest BCUT2D eigenvalue weighted by atomic mass is 9.91. The third-order valence-electron chi connectivity index (χ3n) is 9.39. The van der Waals surface area contributed by atoms with Gasteiger partial charge in [0.15, 0.2) is 0 Å². The maximum Gasteiger partial charge on any atom is 0.0645 e. The Morgan fingerprint density at radius 3 is 1.65 bits per heavy atom. The maximum absolute atomic E-state index is 9.28. The second kappa shape index (κ2) is 13.3. The number of hydrogen-bond donors (Lipinski definition) is 0. The van der Waals surface area contributed by atoms with Gasteiger partial charge in [0.05, 0.1) is 15.3 Å². The van der Waals surface area contributed by atoms with Crippen LogP contribution < -0.4 is 4.90 Å². The summed E-state index contributed by atoms with van der Waals surface area (Å²) < 4.78 is 61.7. The summed E-state index contributed by atoms with van der Waals surface area (Å²) in [6, 6.07) is 54.3. The molecule has 0 aliphatic heterocycles. The zero-order valence-corrected chi connectivity index (χ0v) is 27.6. The molecule has 240 valence electrons. The Labute approximate surface area is 309 Å². The van der Waals surface area contributed by atoms with Crippen LogP contribution in [0.15, 0.2) is 212 Å². The summed E-state index contributed by atoms with van der Waals surface area (Å²) in [7, 11) is 0. The Hall–Kier alpha value is -6.70. The molecule has 0 N–H and O–H groups in total. The molecule has 0 saturated carbocycles. The van der Waals surface area contributed by atoms with Crippen LogP contribution >= 0.6 is 0 Å². The summed E-state index contributed by atoms with van der Waals surface area (Å²) in [6.45, 7) is 0. The highest BCUT2D eigenvalue weighted by Gasteiger charge is 2.17. The van der Waals surface area contributed by atoms with Gasteiger partial charge in [-0.1, -0.05) is 176 Å². The van der Waals surface area contributed by atoms with Gasteiger partial charge in [-0.05, 0) is 97.0 Å². The lowest BCUT2D eigenvalue weighted by Gasteiger charge is -2.27. The molecular formula is C50H35N. The molecule has 9 aromatic carbocycles. The Kier molecular flexibility index (Phi) is 6.16. The van der Waals surface area contributed by atoms with E-state index in [1.54, 1.807) is 4.90 Å². The largest absolute Gasteiger partial charge is 0.310 e. The second-order valence-corrected chi connectivity index (χ2v) is 12.4. The molecule has 0 bridgehead atoms. The summed E-state index contributed by atoms with van der Waals surface area (Å²) in [5, 5.41) is 2.15. The molecule has 0 aromatic heterocycles. The van der Waals surface area contributed by atoms with Crippen molar-refractivity contribution in [2.75, 3.05) is 4.90 Å². The van der Waals surface area contributed by atoms with Crippen molar-refractivity contribution in [3.8, 4) is 44.5 Å². The van der Waals surface area contributed by atoms with E-state index in [2.05, 4.69) is 66.7 Å². The van der Waals surface area contributed by atoms with Crippen molar-refractivity contribution in [3.05, 3.63) is 212 Å². The van der Waals surface area contributed by atoms with E-state index >= 15 is 0 Å². The van der Waals surface area contributed by atoms with Gasteiger partial charge >= 0.3 is 0 Å². The predicted molar refractivity (Wildman–Crippen MR) is 218 cm³/mol. The van der Waals surface area contributed by atoms with Crippen LogP contribution in [0.2, 0.25) is 0 Å². The number of anilines is 3. The molecule has 0 aliphatic carbocycles. The minimum Gasteiger partial charge on any atom is -0.310 e. The lowest BCUT2D eigenvalue weighted by molar-refractivity contribution is 1.30. The molecule has 0 aliphatic rings. The van der Waals surface area contributed by atoms with E-state index in [1.165, 1.54) is 0 Å². The number of benzene rings is 9. The molecule has 1 nitrogen and oxygen atoms in total. The molecule has 0 atom stereocenters. The smallest absolute Gasteiger partial charge is 0.0645 e. The van der Waals surface area contributed by atoms with Crippen molar-refractivity contribution < 1.29 is 9.60 Å². The molecule has 0 radical (unpaired) electrons. The first-order valence-corrected chi connectivity index (χ1v) is 16.9. The van der Waals surface area contributed by atoms with Gasteiger partial charge in [-0.3, -0.25) is 0 Å². The van der Waals surface area contributed by atoms with E-state index in [-0.39, 0.29) is 28.5 Å². The lowest BCUT2D eigenvalue weighted by Crippen LogP contribution is -2.10. The first kappa shape index (κ1) is 23.6. The normalized spacial score (nSPS) is 13.1. The Morgan fingerprint density at radius 2 is 0.902 bits per heavy atom. The fourth-order valence-electron chi connectivity index (χ4n) is 6.89. The van der Waals surface area contributed by atoms with Crippen LogP contribution in [-0.2, 0) is 0 Å². The first-order chi connectivity index (χ1) is 28.2. The highest BCUT2D eigenvalue weighted by Crippen LogP contribution is 2.41. The predicted octanol–water partition coefficient (Wildman–Crippen LogP) is 14.1. The fraction of sp³-hybridized carbons (Fsp3) is 0. The van der Waals surface area contributed by atoms with Crippen molar-refractivity contribution in [1.82, 2.24) is 0 Å². The summed E-state index contributed by atoms with van der Waals surface area (Å²) >= 11 is 0. The van der Waals surface area contributed by atoms with Gasteiger partial charge < -0.3 is 4.90 Å². The van der Waals surface area contributed by atoms with Crippen LogP contribution in [0, 0.1) is 0 Å². The van der Waals surface area contributed by atoms with Crippen molar-refractivity contribution in [1.29, 1.82) is 0 Å². The zero-order valence-electron chi connectivity index (χ0n) is 34.6. The maximum atomic E-state index is 9.28. The number of fused-ring (bicyclic) bond motifs is 2. The fourth-order valence-corrected chi connectivity index (χ4v) is 6.89. The summed E-state index contributed by atoms with van der Waals surface area (Å²) in [4.78, 5) is 1.77. The Morgan fingerprint density at radius 1 is 0.333 bits per heavy atom. The van der Waals surface area contributed by atoms with Crippen LogP contribution in [0.1, 0.15) is 9.60 Å². The zero-order chi connectivity index (χ0) is 40.1. The Balaban J connectivity index is 1.22. The van der Waals surface area contributed by atoms with Crippen molar-refractivity contribution in [2.24, 2.45) is 0 Å². The summed E-state index contributed by atoms with van der Waals surface area (Å²) in [5.41, 5.74) is 9.76. The third kappa shape index (κ3) is 5.86. The van der Waals surface area contributed by atoms with Gasteiger partial charge in [0, 0.05) is 16.8 Å². The highest BCUT2D eigenvalue weighted by atomic mass is 15.1. The van der Waals surface area contributed by atoms with Gasteiger partial charge in [-0.15, -0.1) is 0 Å². The minimum atomic E-state index is -0.488. The second-order valence-electron chi connectivity index (χ2n) is 12.4. The number of hydrogen-bond acceptors (Lipinski definition) is 1. The Bertz CT molecular complexity index is 2990. The molecule has 9 rings (SSSR count). The average Bonchev–Trinajstić information content (AvgIpc) is 3.28. The van der Waals surface area contributed by atoms with Crippen molar-refractivity contribution in [3.63, 3.8) is 0 Å². The molecule has 1 heteroatoms. The van der Waals surface area contributed by atoms with Crippen LogP contribution in [0.4, 0.5) is 17.1 Å². The quantitative estimate of drug-likeness (QED) is 0.165. The van der Waals surface area contributed by atoms with Gasteiger partial charge in [-0.2, -0.15) is 0 Å². The van der Waals surface area contributed by atoms with Gasteiger partial charge in [-0.25, -0.2) is 0 Å². The highest BCUT2D eigenvalue weighted by molar-refractivity contribution is 6.00. The first-order valence-electron chi connectivity index (χ1n) is 20.4. The van der Waals surface area contributed by atoms with E-state index in [4.69, 9.17) is 8.22 Å². The molecule has 0 spiro atoms. The molecule has 0 unspecified atom stereocenters. The van der Waals surface area contributed by atoms with Crippen LogP contribution in [0.3, 0.4) is 0 Å². The van der Waals surface area contributed by atoms with E-state index in [0.29, 0.717) is 11.4 Å². The van der Waals surface area contributed by atoms with E-state index in [9.17, 15) is 1.37 Å². The standard InChI is InChI=1S/C50H35N/c1-3-13-37(14-4-1)47-34-29-42(35-49(47)40-15-5-2-6-16-40)36-25-30-43(31-26-36)51(50-24-12-20-39-18-8-10-22-48(39)50)44-32-27-41(28-33-44)46-23-11-19-38-17-7-9-21-45(38)46/h1-35H/i8D,10D,12D,18D,20D,22D,24D. The number of rotatable bonds is 7. The molecule has 0 fully saturated rings. The van der Waals surface area contributed by atoms with Crippen LogP contribution in [-0.4, -0.2) is 0 Å². The average molecular weight is 657 g/mol. The molecule has 51 heavy (non-hydrogen) atoms. The molecule has 0 saturated heterocycles. The molecule has 0 heterocycles. The topological polar surface area (TPSA) is 3.24 Å². The minimum absolute atomic E-state index is 0.0169. The van der Waals surface area contributed by atoms with Crippen molar-refractivity contribution >= 4 is 38.6 Å². The van der Waals surface area contributed by atoms with Crippen molar-refractivity contribution in [2.45, 2.75) is 0 Å². The molecule has 0 amide bonds. The monoisotopic (exact) mass is 656 g/mol. The van der Waals surface area contributed by atoms with Gasteiger partial charge in [0.2, 0.25) is 0 Å². The van der Waals surface area contributed by atoms with Gasteiger partial charge in [0.25, 0.3) is 0 Å². The summed E-state index contributed by atoms with van der Waals surface area (Å²) in [5.74, 6) is 0. The van der Waals surface area contributed by atoms with E-state index in [1.807, 2.05) is 103 Å². The van der Waals surface area contributed by atoms with Crippen LogP contribution in [0.5, 0.6) is 0 Å². The SMILES string of the molecule is [2H]c1c([2H])c([2H])c2c(N(c3ccc(-c4ccc(-c5ccccc5)c(-c5ccccc5)c4)cc3)c3ccc(-c4cccc5ccccc45)cc3)c([2H])c([2H])c([2H])c2c1[2H]. The van der Waals surface area contributed by atoms with E-state index in [0.717, 1.165) is 55.3 Å². The third-order valence-corrected chi connectivity index (χ3v) is 9.39. The number of nitrogens with zero attached hydrogens (tertiary/aromatic N) is 1.